The Morgan fingerprint density at radius 1 is 1.24 bits per heavy atom. The van der Waals surface area contributed by atoms with Gasteiger partial charge in [-0.2, -0.15) is 0 Å². The zero-order chi connectivity index (χ0) is 12.1. The second kappa shape index (κ2) is 5.45. The van der Waals surface area contributed by atoms with Gasteiger partial charge in [0.1, 0.15) is 0 Å². The molecule has 90 valence electrons. The minimum atomic E-state index is 0.401. The van der Waals surface area contributed by atoms with Gasteiger partial charge in [-0.05, 0) is 24.1 Å². The number of hydrogen-bond donors (Lipinski definition) is 2. The maximum Gasteiger partial charge on any atom is 0.320 e. The van der Waals surface area contributed by atoms with Crippen LogP contribution in [0.2, 0.25) is 0 Å². The smallest absolute Gasteiger partial charge is 0.320 e. The molecular weight excluding hydrogens is 216 g/mol. The lowest BCUT2D eigenvalue weighted by Gasteiger charge is -2.01. The average Bonchev–Trinajstić information content (AvgIpc) is 2.78. The highest BCUT2D eigenvalue weighted by atomic mass is 16.4. The second-order valence-electron chi connectivity index (χ2n) is 3.72. The average molecular weight is 232 g/mol. The Morgan fingerprint density at radius 2 is 2.00 bits per heavy atom. The van der Waals surface area contributed by atoms with Crippen LogP contribution in [0.5, 0.6) is 0 Å². The monoisotopic (exact) mass is 232 g/mol. The highest BCUT2D eigenvalue weighted by Gasteiger charge is 2.04. The Hall–Kier alpha value is -1.88. The summed E-state index contributed by atoms with van der Waals surface area (Å²) < 4.78 is 5.37. The first kappa shape index (κ1) is 11.6. The molecule has 5 nitrogen and oxygen atoms in total. The predicted octanol–water partition coefficient (Wildman–Crippen LogP) is 1.88. The molecule has 0 saturated carbocycles. The van der Waals surface area contributed by atoms with Crippen molar-refractivity contribution < 1.29 is 4.42 Å². The zero-order valence-corrected chi connectivity index (χ0v) is 9.81. The lowest BCUT2D eigenvalue weighted by Crippen LogP contribution is -2.02. The van der Waals surface area contributed by atoms with Crippen molar-refractivity contribution in [1.82, 2.24) is 10.2 Å². The van der Waals surface area contributed by atoms with Crippen molar-refractivity contribution in [3.05, 3.63) is 35.7 Å². The van der Waals surface area contributed by atoms with Gasteiger partial charge in [-0.1, -0.05) is 24.2 Å². The van der Waals surface area contributed by atoms with Crippen molar-refractivity contribution in [1.29, 1.82) is 0 Å². The molecule has 0 aliphatic carbocycles. The first-order valence-electron chi connectivity index (χ1n) is 5.70. The summed E-state index contributed by atoms with van der Waals surface area (Å²) in [4.78, 5) is 0. The minimum absolute atomic E-state index is 0.401. The fourth-order valence-corrected chi connectivity index (χ4v) is 1.48. The molecule has 0 aliphatic rings. The van der Waals surface area contributed by atoms with Gasteiger partial charge in [0.2, 0.25) is 5.89 Å². The number of nitrogens with zero attached hydrogens (tertiary/aromatic N) is 2. The number of nitrogens with one attached hydrogen (secondary N) is 1. The van der Waals surface area contributed by atoms with Gasteiger partial charge in [-0.15, -0.1) is 5.10 Å². The first-order valence-corrected chi connectivity index (χ1v) is 5.70. The summed E-state index contributed by atoms with van der Waals surface area (Å²) in [5.41, 5.74) is 7.64. The van der Waals surface area contributed by atoms with E-state index in [0.717, 1.165) is 12.1 Å². The number of aryl methyl sites for hydroxylation is 1. The first-order chi connectivity index (χ1) is 8.31. The van der Waals surface area contributed by atoms with E-state index < -0.39 is 0 Å². The third-order valence-corrected chi connectivity index (χ3v) is 2.44. The van der Waals surface area contributed by atoms with E-state index in [0.29, 0.717) is 24.9 Å². The third-order valence-electron chi connectivity index (χ3n) is 2.44. The molecule has 0 bridgehead atoms. The predicted molar refractivity (Wildman–Crippen MR) is 66.2 cm³/mol. The molecule has 0 unspecified atom stereocenters. The zero-order valence-electron chi connectivity index (χ0n) is 9.81. The SMILES string of the molecule is CCc1ccc(Nc2nnc(CCN)o2)cc1. The maximum atomic E-state index is 5.41. The normalized spacial score (nSPS) is 10.5. The van der Waals surface area contributed by atoms with Gasteiger partial charge in [0.15, 0.2) is 0 Å². The number of benzene rings is 1. The minimum Gasteiger partial charge on any atom is -0.408 e. The van der Waals surface area contributed by atoms with Crippen LogP contribution in [0, 0.1) is 0 Å². The van der Waals surface area contributed by atoms with Gasteiger partial charge in [-0.3, -0.25) is 0 Å². The molecule has 0 spiro atoms. The summed E-state index contributed by atoms with van der Waals surface area (Å²) in [6.45, 7) is 2.63. The summed E-state index contributed by atoms with van der Waals surface area (Å²) in [7, 11) is 0. The summed E-state index contributed by atoms with van der Waals surface area (Å²) in [6.07, 6.45) is 1.63. The van der Waals surface area contributed by atoms with Gasteiger partial charge in [0.05, 0.1) is 0 Å². The molecule has 1 aromatic heterocycles. The van der Waals surface area contributed by atoms with Crippen molar-refractivity contribution in [2.75, 3.05) is 11.9 Å². The molecule has 0 saturated heterocycles. The molecule has 1 heterocycles. The van der Waals surface area contributed by atoms with Crippen LogP contribution in [0.3, 0.4) is 0 Å². The van der Waals surface area contributed by atoms with Gasteiger partial charge in [0.25, 0.3) is 0 Å². The second-order valence-corrected chi connectivity index (χ2v) is 3.72. The van der Waals surface area contributed by atoms with Crippen LogP contribution in [0.25, 0.3) is 0 Å². The fourth-order valence-electron chi connectivity index (χ4n) is 1.48. The van der Waals surface area contributed by atoms with E-state index >= 15 is 0 Å². The summed E-state index contributed by atoms with van der Waals surface area (Å²) in [6, 6.07) is 8.52. The van der Waals surface area contributed by atoms with Gasteiger partial charge >= 0.3 is 6.01 Å². The van der Waals surface area contributed by atoms with Crippen LogP contribution < -0.4 is 11.1 Å². The van der Waals surface area contributed by atoms with Gasteiger partial charge < -0.3 is 15.5 Å². The highest BCUT2D eigenvalue weighted by molar-refractivity contribution is 5.52. The molecule has 1 aromatic carbocycles. The summed E-state index contributed by atoms with van der Waals surface area (Å²) in [5.74, 6) is 0.556. The fraction of sp³-hybridized carbons (Fsp3) is 0.333. The van der Waals surface area contributed by atoms with E-state index in [1.807, 2.05) is 12.1 Å². The molecule has 2 aromatic rings. The molecule has 0 aliphatic heterocycles. The van der Waals surface area contributed by atoms with Crippen LogP contribution in [0.1, 0.15) is 18.4 Å². The van der Waals surface area contributed by atoms with E-state index in [-0.39, 0.29) is 0 Å². The standard InChI is InChI=1S/C12H16N4O/c1-2-9-3-5-10(6-4-9)14-12-16-15-11(17-12)7-8-13/h3-6H,2,7-8,13H2,1H3,(H,14,16). The molecule has 3 N–H and O–H groups in total. The van der Waals surface area contributed by atoms with Crippen molar-refractivity contribution in [2.24, 2.45) is 5.73 Å². The lowest BCUT2D eigenvalue weighted by molar-refractivity contribution is 0.510. The molecule has 0 radical (unpaired) electrons. The Morgan fingerprint density at radius 3 is 2.65 bits per heavy atom. The lowest BCUT2D eigenvalue weighted by atomic mass is 10.1. The van der Waals surface area contributed by atoms with E-state index in [4.69, 9.17) is 10.2 Å². The topological polar surface area (TPSA) is 77.0 Å². The van der Waals surface area contributed by atoms with Crippen molar-refractivity contribution >= 4 is 11.7 Å². The number of aromatic nitrogens is 2. The van der Waals surface area contributed by atoms with E-state index in [2.05, 4.69) is 34.6 Å². The molecule has 0 amide bonds. The molecule has 17 heavy (non-hydrogen) atoms. The van der Waals surface area contributed by atoms with E-state index in [1.54, 1.807) is 0 Å². The number of anilines is 2. The molecule has 0 atom stereocenters. The molecule has 0 fully saturated rings. The van der Waals surface area contributed by atoms with Crippen LogP contribution >= 0.6 is 0 Å². The van der Waals surface area contributed by atoms with Gasteiger partial charge in [-0.25, -0.2) is 0 Å². The van der Waals surface area contributed by atoms with E-state index in [9.17, 15) is 0 Å². The third kappa shape index (κ3) is 3.04. The van der Waals surface area contributed by atoms with Crippen LogP contribution in [0.4, 0.5) is 11.7 Å². The maximum absolute atomic E-state index is 5.41. The Labute approximate surface area is 100 Å². The van der Waals surface area contributed by atoms with Gasteiger partial charge in [0, 0.05) is 18.7 Å². The Kier molecular flexibility index (Phi) is 3.72. The number of hydrogen-bond acceptors (Lipinski definition) is 5. The van der Waals surface area contributed by atoms with Crippen molar-refractivity contribution in [2.45, 2.75) is 19.8 Å². The largest absolute Gasteiger partial charge is 0.408 e. The Balaban J connectivity index is 2.03. The van der Waals surface area contributed by atoms with E-state index in [1.165, 1.54) is 5.56 Å². The quantitative estimate of drug-likeness (QED) is 0.823. The number of rotatable bonds is 5. The van der Waals surface area contributed by atoms with Crippen LogP contribution in [-0.4, -0.2) is 16.7 Å². The molecular formula is C12H16N4O. The molecule has 5 heteroatoms. The summed E-state index contributed by atoms with van der Waals surface area (Å²) >= 11 is 0. The molecule has 2 rings (SSSR count). The Bertz CT molecular complexity index is 464. The van der Waals surface area contributed by atoms with Crippen LogP contribution in [0.15, 0.2) is 28.7 Å². The van der Waals surface area contributed by atoms with Crippen LogP contribution in [-0.2, 0) is 12.8 Å². The number of nitrogens with two attached hydrogens (primary N) is 1. The summed E-state index contributed by atoms with van der Waals surface area (Å²) in [5, 5.41) is 10.8. The highest BCUT2D eigenvalue weighted by Crippen LogP contribution is 2.16. The van der Waals surface area contributed by atoms with Crippen molar-refractivity contribution in [3.8, 4) is 0 Å². The van der Waals surface area contributed by atoms with Crippen molar-refractivity contribution in [3.63, 3.8) is 0 Å².